The first-order chi connectivity index (χ1) is 6.80. The Bertz CT molecular complexity index is 276. The van der Waals surface area contributed by atoms with Gasteiger partial charge in [0.15, 0.2) is 0 Å². The lowest BCUT2D eigenvalue weighted by atomic mass is 10.2. The quantitative estimate of drug-likeness (QED) is 0.423. The van der Waals surface area contributed by atoms with E-state index in [1.165, 1.54) is 0 Å². The molecule has 1 rings (SSSR count). The van der Waals surface area contributed by atoms with Crippen molar-refractivity contribution in [2.24, 2.45) is 0 Å². The number of aryl methyl sites for hydroxylation is 1. The number of hydrogen-bond acceptors (Lipinski definition) is 1. The minimum absolute atomic E-state index is 0.840. The average molecular weight is 242 g/mol. The molecule has 15 heavy (non-hydrogen) atoms. The predicted octanol–water partition coefficient (Wildman–Crippen LogP) is 2.23. The number of benzene rings is 1. The molecule has 0 aliphatic rings. The molecular weight excluding hydrogens is 234 g/mol. The molecule has 2 nitrogen and oxygen atoms in total. The Hall–Kier alpha value is -1.29. The Labute approximate surface area is 89.4 Å². The first-order valence-corrected chi connectivity index (χ1v) is 3.99. The standard InChI is InChI=1S/C7H7Cl.BF4.N2/c1-6-4-2-3-5-7(6)8;2-1(3,4)5;1-2/h2-5H,1H3;;/q;-1;/p+1. The van der Waals surface area contributed by atoms with E-state index in [2.05, 4.69) is 0 Å². The predicted molar refractivity (Wildman–Crippen MR) is 49.1 cm³/mol. The Balaban J connectivity index is 0. The molecule has 1 aromatic carbocycles. The Kier molecular flexibility index (Phi) is 8.68. The summed E-state index contributed by atoms with van der Waals surface area (Å²) in [6.45, 7) is 1.99. The zero-order chi connectivity index (χ0) is 12.5. The van der Waals surface area contributed by atoms with Crippen LogP contribution in [0.25, 0.3) is 0 Å². The number of hydrogen-bond donors (Lipinski definition) is 1. The molecule has 0 bridgehead atoms. The fourth-order valence-corrected chi connectivity index (χ4v) is 0.687. The van der Waals surface area contributed by atoms with Crippen LogP contribution in [0.2, 0.25) is 5.02 Å². The molecule has 0 aromatic heterocycles. The van der Waals surface area contributed by atoms with Crippen LogP contribution < -0.4 is 5.39 Å². The van der Waals surface area contributed by atoms with Gasteiger partial charge < -0.3 is 17.3 Å². The van der Waals surface area contributed by atoms with Crippen molar-refractivity contribution in [3.63, 3.8) is 0 Å². The number of rotatable bonds is 0. The third kappa shape index (κ3) is 15.5. The zero-order valence-corrected chi connectivity index (χ0v) is 8.48. The van der Waals surface area contributed by atoms with Crippen LogP contribution in [0.4, 0.5) is 17.3 Å². The molecule has 0 aliphatic heterocycles. The molecule has 0 saturated heterocycles. The first-order valence-electron chi connectivity index (χ1n) is 3.61. The summed E-state index contributed by atoms with van der Waals surface area (Å²) in [5.41, 5.74) is 1.13. The smallest absolute Gasteiger partial charge is 0.418 e. The third-order valence-electron chi connectivity index (χ3n) is 1.08. The van der Waals surface area contributed by atoms with Crippen LogP contribution in [-0.2, 0) is 0 Å². The van der Waals surface area contributed by atoms with Crippen LogP contribution in [-0.4, -0.2) is 7.25 Å². The maximum absolute atomic E-state index is 9.75. The molecule has 0 unspecified atom stereocenters. The van der Waals surface area contributed by atoms with Gasteiger partial charge in [-0.1, -0.05) is 29.8 Å². The Morgan fingerprint density at radius 3 is 1.67 bits per heavy atom. The van der Waals surface area contributed by atoms with Crippen LogP contribution in [0, 0.1) is 12.3 Å². The third-order valence-corrected chi connectivity index (χ3v) is 1.50. The monoisotopic (exact) mass is 242 g/mol. The summed E-state index contributed by atoms with van der Waals surface area (Å²) in [5.74, 6) is 0. The molecule has 84 valence electrons. The highest BCUT2D eigenvalue weighted by Crippen LogP contribution is 2.11. The van der Waals surface area contributed by atoms with Gasteiger partial charge in [-0.2, -0.15) is 0 Å². The topological polar surface area (TPSA) is 47.6 Å². The van der Waals surface area contributed by atoms with Crippen molar-refractivity contribution in [2.75, 3.05) is 0 Å². The highest BCUT2D eigenvalue weighted by molar-refractivity contribution is 6.50. The lowest BCUT2D eigenvalue weighted by Crippen LogP contribution is -2.11. The molecule has 0 atom stereocenters. The summed E-state index contributed by atoms with van der Waals surface area (Å²) in [7, 11) is -6.00. The molecule has 0 radical (unpaired) electrons. The molecule has 0 heterocycles. The van der Waals surface area contributed by atoms with Gasteiger partial charge in [0.05, 0.1) is 5.39 Å². The van der Waals surface area contributed by atoms with Crippen molar-refractivity contribution in [3.05, 3.63) is 34.9 Å². The van der Waals surface area contributed by atoms with E-state index in [4.69, 9.17) is 22.4 Å². The molecule has 1 aromatic rings. The molecule has 8 heteroatoms. The second-order valence-corrected chi connectivity index (χ2v) is 2.65. The maximum atomic E-state index is 9.75. The highest BCUT2D eigenvalue weighted by Gasteiger charge is 2.20. The SMILES string of the molecule is Cc1ccccc1Cl.F[B-](F)(F)F.N#[NH+]. The molecular formula is C7H8BClF4N2. The number of halogens is 5. The van der Waals surface area contributed by atoms with Gasteiger partial charge in [0.2, 0.25) is 5.39 Å². The van der Waals surface area contributed by atoms with Crippen molar-refractivity contribution < 1.29 is 22.7 Å². The number of diazo groups is 1. The van der Waals surface area contributed by atoms with Crippen LogP contribution in [0.15, 0.2) is 24.3 Å². The second-order valence-electron chi connectivity index (χ2n) is 2.24. The summed E-state index contributed by atoms with van der Waals surface area (Å²) < 4.78 is 39.0. The normalized spacial score (nSPS) is 9.07. The minimum Gasteiger partial charge on any atom is -0.418 e. The summed E-state index contributed by atoms with van der Waals surface area (Å²) in [4.78, 5) is 0. The second kappa shape index (κ2) is 8.06. The average Bonchev–Trinajstić information content (AvgIpc) is 2.11. The van der Waals surface area contributed by atoms with Crippen molar-refractivity contribution in [2.45, 2.75) is 6.92 Å². The van der Waals surface area contributed by atoms with Gasteiger partial charge in [-0.25, -0.2) is 0 Å². The Morgan fingerprint density at radius 1 is 1.13 bits per heavy atom. The fraction of sp³-hybridized carbons (Fsp3) is 0.143. The van der Waals surface area contributed by atoms with E-state index in [1.54, 1.807) is 0 Å². The van der Waals surface area contributed by atoms with E-state index >= 15 is 0 Å². The van der Waals surface area contributed by atoms with Crippen molar-refractivity contribution in [3.8, 4) is 0 Å². The van der Waals surface area contributed by atoms with E-state index in [9.17, 15) is 17.3 Å². The van der Waals surface area contributed by atoms with E-state index in [1.807, 2.05) is 31.2 Å². The van der Waals surface area contributed by atoms with Gasteiger partial charge in [0.1, 0.15) is 0 Å². The Morgan fingerprint density at radius 2 is 1.47 bits per heavy atom. The summed E-state index contributed by atoms with van der Waals surface area (Å²) in [6.07, 6.45) is 0. The molecule has 0 aliphatic carbocycles. The van der Waals surface area contributed by atoms with E-state index in [0.717, 1.165) is 10.6 Å². The first kappa shape index (κ1) is 16.2. The van der Waals surface area contributed by atoms with Gasteiger partial charge in [0, 0.05) is 5.02 Å². The highest BCUT2D eigenvalue weighted by atomic mass is 35.5. The molecule has 0 saturated carbocycles. The van der Waals surface area contributed by atoms with Gasteiger partial charge in [-0.3, -0.25) is 0 Å². The van der Waals surface area contributed by atoms with Crippen LogP contribution >= 0.6 is 11.6 Å². The van der Waals surface area contributed by atoms with E-state index < -0.39 is 7.25 Å². The summed E-state index contributed by atoms with van der Waals surface area (Å²) in [6, 6.07) is 7.77. The minimum atomic E-state index is -6.00. The number of nitrogens with zero attached hydrogens (tertiary/aromatic N) is 1. The zero-order valence-electron chi connectivity index (χ0n) is 7.72. The van der Waals surface area contributed by atoms with Gasteiger partial charge in [-0.05, 0) is 18.6 Å². The van der Waals surface area contributed by atoms with Crippen molar-refractivity contribution >= 4 is 18.9 Å². The van der Waals surface area contributed by atoms with Crippen molar-refractivity contribution in [1.29, 1.82) is 5.39 Å². The molecule has 0 amide bonds. The van der Waals surface area contributed by atoms with Crippen LogP contribution in [0.5, 0.6) is 0 Å². The van der Waals surface area contributed by atoms with Gasteiger partial charge >= 0.3 is 7.25 Å². The van der Waals surface area contributed by atoms with Gasteiger partial charge in [-0.15, -0.1) is 0 Å². The van der Waals surface area contributed by atoms with Crippen LogP contribution in [0.3, 0.4) is 0 Å². The maximum Gasteiger partial charge on any atom is 0.673 e. The van der Waals surface area contributed by atoms with E-state index in [0.29, 0.717) is 0 Å². The van der Waals surface area contributed by atoms with Gasteiger partial charge in [0.25, 0.3) is 0 Å². The lowest BCUT2D eigenvalue weighted by molar-refractivity contribution is -0.175. The fourth-order valence-electron chi connectivity index (χ4n) is 0.551. The van der Waals surface area contributed by atoms with E-state index in [-0.39, 0.29) is 0 Å². The molecule has 0 fully saturated rings. The molecule has 0 spiro atoms. The van der Waals surface area contributed by atoms with Crippen molar-refractivity contribution in [1.82, 2.24) is 0 Å². The molecule has 1 N–H and O–H groups in total. The largest absolute Gasteiger partial charge is 0.673 e. The summed E-state index contributed by atoms with van der Waals surface area (Å²) in [5, 5.41) is 11.8. The lowest BCUT2D eigenvalue weighted by Gasteiger charge is -1.94. The summed E-state index contributed by atoms with van der Waals surface area (Å²) >= 11 is 5.71. The number of nitrogens with one attached hydrogen (secondary N) is 1. The van der Waals surface area contributed by atoms with Crippen LogP contribution in [0.1, 0.15) is 5.56 Å².